The van der Waals surface area contributed by atoms with Crippen LogP contribution in [0.4, 0.5) is 0 Å². The average Bonchev–Trinajstić information content (AvgIpc) is 2.75. The van der Waals surface area contributed by atoms with Crippen molar-refractivity contribution < 1.29 is 18.3 Å². The van der Waals surface area contributed by atoms with Crippen LogP contribution >= 0.6 is 0 Å². The fourth-order valence-electron chi connectivity index (χ4n) is 3.72. The Kier molecular flexibility index (Phi) is 7.02. The quantitative estimate of drug-likeness (QED) is 0.763. The van der Waals surface area contributed by atoms with E-state index in [1.165, 1.54) is 4.31 Å². The summed E-state index contributed by atoms with van der Waals surface area (Å²) in [5.41, 5.74) is 2.22. The summed E-state index contributed by atoms with van der Waals surface area (Å²) in [6.45, 7) is 4.31. The van der Waals surface area contributed by atoms with Gasteiger partial charge in [-0.3, -0.25) is 0 Å². The Morgan fingerprint density at radius 2 is 1.87 bits per heavy atom. The second-order valence-electron chi connectivity index (χ2n) is 8.35. The lowest BCUT2D eigenvalue weighted by Crippen LogP contribution is -2.49. The minimum absolute atomic E-state index is 0.0853. The second kappa shape index (κ2) is 9.37. The van der Waals surface area contributed by atoms with Gasteiger partial charge in [-0.1, -0.05) is 25.1 Å². The van der Waals surface area contributed by atoms with E-state index in [0.29, 0.717) is 17.9 Å². The van der Waals surface area contributed by atoms with E-state index in [2.05, 4.69) is 6.07 Å². The molecule has 0 amide bonds. The molecule has 3 rings (SSSR count). The van der Waals surface area contributed by atoms with Crippen LogP contribution in [0.25, 0.3) is 11.1 Å². The summed E-state index contributed by atoms with van der Waals surface area (Å²) in [4.78, 5) is 2.11. The van der Waals surface area contributed by atoms with Crippen LogP contribution in [0.15, 0.2) is 47.4 Å². The number of fused-ring (bicyclic) bond motifs is 1. The van der Waals surface area contributed by atoms with Gasteiger partial charge in [-0.25, -0.2) is 8.42 Å². The second-order valence-corrected chi connectivity index (χ2v) is 10.2. The standard InChI is InChI=1S/C23H29N3O4S/c1-16-13-26(17(2)15-27)31(28,29)23-10-9-20(19-7-5-18(12-24)6-8-19)11-21(23)30-22(16)14-25(3)4/h5-11,16-17,22,27H,13-15H2,1-4H3/t16-,17-,22-/m1/s1. The van der Waals surface area contributed by atoms with Crippen LogP contribution in [0.2, 0.25) is 0 Å². The maximum atomic E-state index is 13.5. The number of aliphatic hydroxyl groups excluding tert-OH is 1. The van der Waals surface area contributed by atoms with Gasteiger partial charge in [0.1, 0.15) is 16.7 Å². The number of hydrogen-bond acceptors (Lipinski definition) is 6. The van der Waals surface area contributed by atoms with Gasteiger partial charge in [0, 0.05) is 25.0 Å². The molecule has 7 nitrogen and oxygen atoms in total. The predicted molar refractivity (Wildman–Crippen MR) is 119 cm³/mol. The molecular weight excluding hydrogens is 414 g/mol. The van der Waals surface area contributed by atoms with Crippen LogP contribution in [0.3, 0.4) is 0 Å². The molecule has 0 saturated carbocycles. The zero-order valence-corrected chi connectivity index (χ0v) is 19.1. The minimum Gasteiger partial charge on any atom is -0.487 e. The summed E-state index contributed by atoms with van der Waals surface area (Å²) >= 11 is 0. The van der Waals surface area contributed by atoms with E-state index in [-0.39, 0.29) is 30.1 Å². The summed E-state index contributed by atoms with van der Waals surface area (Å²) in [5, 5.41) is 18.7. The highest BCUT2D eigenvalue weighted by atomic mass is 32.2. The van der Waals surface area contributed by atoms with Crippen LogP contribution in [0.1, 0.15) is 19.4 Å². The molecule has 1 aliphatic rings. The first-order valence-electron chi connectivity index (χ1n) is 10.3. The molecule has 0 spiro atoms. The number of likely N-dealkylation sites (N-methyl/N-ethyl adjacent to an activating group) is 1. The zero-order valence-electron chi connectivity index (χ0n) is 18.3. The Labute approximate surface area is 184 Å². The van der Waals surface area contributed by atoms with Gasteiger partial charge < -0.3 is 14.7 Å². The molecule has 0 unspecified atom stereocenters. The number of aliphatic hydroxyl groups is 1. The largest absolute Gasteiger partial charge is 0.487 e. The third-order valence-electron chi connectivity index (χ3n) is 5.56. The molecule has 0 radical (unpaired) electrons. The normalized spacial score (nSPS) is 22.0. The third-order valence-corrected chi connectivity index (χ3v) is 7.58. The van der Waals surface area contributed by atoms with Crippen LogP contribution in [-0.4, -0.2) is 68.7 Å². The fraction of sp³-hybridized carbons (Fsp3) is 0.435. The number of hydrogen-bond donors (Lipinski definition) is 1. The van der Waals surface area contributed by atoms with Gasteiger partial charge in [0.25, 0.3) is 0 Å². The van der Waals surface area contributed by atoms with Gasteiger partial charge in [-0.15, -0.1) is 0 Å². The number of nitriles is 1. The Bertz CT molecular complexity index is 1060. The van der Waals surface area contributed by atoms with Crippen molar-refractivity contribution in [3.63, 3.8) is 0 Å². The summed E-state index contributed by atoms with van der Waals surface area (Å²) < 4.78 is 34.6. The monoisotopic (exact) mass is 443 g/mol. The molecule has 1 heterocycles. The van der Waals surface area contributed by atoms with Gasteiger partial charge in [0.15, 0.2) is 0 Å². The van der Waals surface area contributed by atoms with Crippen LogP contribution < -0.4 is 4.74 Å². The Morgan fingerprint density at radius 1 is 1.23 bits per heavy atom. The molecule has 31 heavy (non-hydrogen) atoms. The van der Waals surface area contributed by atoms with Crippen molar-refractivity contribution in [1.82, 2.24) is 9.21 Å². The molecule has 0 bridgehead atoms. The van der Waals surface area contributed by atoms with Crippen molar-refractivity contribution in [3.8, 4) is 22.9 Å². The van der Waals surface area contributed by atoms with Gasteiger partial charge in [0.2, 0.25) is 10.0 Å². The highest BCUT2D eigenvalue weighted by Crippen LogP contribution is 2.36. The minimum atomic E-state index is -3.86. The van der Waals surface area contributed by atoms with Crippen molar-refractivity contribution in [2.75, 3.05) is 33.8 Å². The number of rotatable bonds is 5. The first-order chi connectivity index (χ1) is 14.7. The van der Waals surface area contributed by atoms with Gasteiger partial charge in [-0.05, 0) is 56.4 Å². The highest BCUT2D eigenvalue weighted by Gasteiger charge is 2.37. The van der Waals surface area contributed by atoms with E-state index in [9.17, 15) is 13.5 Å². The average molecular weight is 444 g/mol. The molecule has 1 aliphatic heterocycles. The van der Waals surface area contributed by atoms with Gasteiger partial charge >= 0.3 is 0 Å². The van der Waals surface area contributed by atoms with E-state index < -0.39 is 16.1 Å². The number of nitrogens with zero attached hydrogens (tertiary/aromatic N) is 3. The number of sulfonamides is 1. The van der Waals surface area contributed by atoms with E-state index >= 15 is 0 Å². The topological polar surface area (TPSA) is 93.9 Å². The van der Waals surface area contributed by atoms with Crippen molar-refractivity contribution in [3.05, 3.63) is 48.0 Å². The fourth-order valence-corrected chi connectivity index (χ4v) is 5.55. The van der Waals surface area contributed by atoms with E-state index in [1.54, 1.807) is 37.3 Å². The molecule has 0 fully saturated rings. The summed E-state index contributed by atoms with van der Waals surface area (Å²) in [5.74, 6) is 0.216. The summed E-state index contributed by atoms with van der Waals surface area (Å²) in [7, 11) is 0.0476. The molecule has 0 aliphatic carbocycles. The molecule has 166 valence electrons. The predicted octanol–water partition coefficient (Wildman–Crippen LogP) is 2.56. The van der Waals surface area contributed by atoms with Crippen LogP contribution in [-0.2, 0) is 10.0 Å². The molecule has 3 atom stereocenters. The zero-order chi connectivity index (χ0) is 22.8. The summed E-state index contributed by atoms with van der Waals surface area (Å²) in [6, 6.07) is 13.7. The van der Waals surface area contributed by atoms with Crippen molar-refractivity contribution >= 4 is 10.0 Å². The molecule has 2 aromatic carbocycles. The lowest BCUT2D eigenvalue weighted by atomic mass is 10.0. The van der Waals surface area contributed by atoms with Crippen molar-refractivity contribution in [1.29, 1.82) is 5.26 Å². The Morgan fingerprint density at radius 3 is 2.45 bits per heavy atom. The van der Waals surface area contributed by atoms with E-state index in [1.807, 2.05) is 38.1 Å². The molecular formula is C23H29N3O4S. The smallest absolute Gasteiger partial charge is 0.247 e. The molecule has 2 aromatic rings. The van der Waals surface area contributed by atoms with Crippen LogP contribution in [0.5, 0.6) is 5.75 Å². The van der Waals surface area contributed by atoms with Crippen molar-refractivity contribution in [2.45, 2.75) is 30.9 Å². The highest BCUT2D eigenvalue weighted by molar-refractivity contribution is 7.89. The first-order valence-corrected chi connectivity index (χ1v) is 11.7. The molecule has 1 N–H and O–H groups in total. The Hall–Kier alpha value is -2.44. The maximum absolute atomic E-state index is 13.5. The van der Waals surface area contributed by atoms with E-state index in [4.69, 9.17) is 10.00 Å². The molecule has 0 saturated heterocycles. The van der Waals surface area contributed by atoms with Gasteiger partial charge in [-0.2, -0.15) is 9.57 Å². The SMILES string of the molecule is C[C@@H]1CN([C@H](C)CO)S(=O)(=O)c2ccc(-c3ccc(C#N)cc3)cc2O[C@@H]1CN(C)C. The van der Waals surface area contributed by atoms with Crippen LogP contribution in [0, 0.1) is 17.2 Å². The van der Waals surface area contributed by atoms with E-state index in [0.717, 1.165) is 11.1 Å². The van der Waals surface area contributed by atoms with Gasteiger partial charge in [0.05, 0.1) is 18.2 Å². The lowest BCUT2D eigenvalue weighted by molar-refractivity contribution is 0.0813. The lowest BCUT2D eigenvalue weighted by Gasteiger charge is -2.37. The maximum Gasteiger partial charge on any atom is 0.247 e. The Balaban J connectivity index is 2.13. The summed E-state index contributed by atoms with van der Waals surface area (Å²) in [6.07, 6.45) is -0.228. The first kappa shape index (κ1) is 23.2. The number of benzene rings is 2. The van der Waals surface area contributed by atoms with Crippen molar-refractivity contribution in [2.24, 2.45) is 5.92 Å². The number of ether oxygens (including phenoxy) is 1. The molecule has 8 heteroatoms. The molecule has 0 aromatic heterocycles. The third kappa shape index (κ3) is 4.91.